The van der Waals surface area contributed by atoms with Crippen LogP contribution in [-0.4, -0.2) is 44.1 Å². The van der Waals surface area contributed by atoms with E-state index in [1.54, 1.807) is 26.1 Å². The van der Waals surface area contributed by atoms with Gasteiger partial charge >= 0.3 is 5.97 Å². The van der Waals surface area contributed by atoms with Gasteiger partial charge in [-0.15, -0.1) is 5.10 Å². The van der Waals surface area contributed by atoms with Crippen LogP contribution in [0.15, 0.2) is 47.8 Å². The molecule has 0 atom stereocenters. The van der Waals surface area contributed by atoms with Crippen molar-refractivity contribution in [3.05, 3.63) is 42.6 Å². The highest BCUT2D eigenvalue weighted by molar-refractivity contribution is 7.98. The zero-order valence-corrected chi connectivity index (χ0v) is 16.1. The lowest BCUT2D eigenvalue weighted by Gasteiger charge is -2.18. The second-order valence-electron chi connectivity index (χ2n) is 6.61. The number of carboxylic acid groups (broad SMARTS) is 1. The molecule has 0 fully saturated rings. The SMILES string of the molecule is CSc1n[nH]c(-c2ccc(-c3ccc(OCC(C)(C)C(=O)O)nc3)cc2)n1. The maximum absolute atomic E-state index is 11.1. The Morgan fingerprint density at radius 2 is 1.81 bits per heavy atom. The van der Waals surface area contributed by atoms with Crippen molar-refractivity contribution >= 4 is 17.7 Å². The molecular formula is C19H20N4O3S. The summed E-state index contributed by atoms with van der Waals surface area (Å²) in [7, 11) is 0. The van der Waals surface area contributed by atoms with Crippen LogP contribution in [0.25, 0.3) is 22.5 Å². The predicted octanol–water partition coefficient (Wildman–Crippen LogP) is 3.75. The first-order chi connectivity index (χ1) is 12.9. The summed E-state index contributed by atoms with van der Waals surface area (Å²) in [4.78, 5) is 19.8. The molecule has 3 aromatic rings. The molecule has 0 saturated heterocycles. The minimum absolute atomic E-state index is 0.0542. The molecule has 0 saturated carbocycles. The van der Waals surface area contributed by atoms with Crippen LogP contribution in [0.2, 0.25) is 0 Å². The predicted molar refractivity (Wildman–Crippen MR) is 104 cm³/mol. The maximum atomic E-state index is 11.1. The third-order valence-corrected chi connectivity index (χ3v) is 4.58. The van der Waals surface area contributed by atoms with Gasteiger partial charge in [0.25, 0.3) is 0 Å². The summed E-state index contributed by atoms with van der Waals surface area (Å²) < 4.78 is 5.50. The molecule has 7 nitrogen and oxygen atoms in total. The number of hydrogen-bond donors (Lipinski definition) is 2. The van der Waals surface area contributed by atoms with Crippen LogP contribution in [0.3, 0.4) is 0 Å². The molecule has 8 heteroatoms. The number of carbonyl (C=O) groups is 1. The molecular weight excluding hydrogens is 364 g/mol. The van der Waals surface area contributed by atoms with E-state index in [2.05, 4.69) is 20.2 Å². The number of nitrogens with zero attached hydrogens (tertiary/aromatic N) is 3. The molecule has 1 aromatic carbocycles. The molecule has 2 heterocycles. The van der Waals surface area contributed by atoms with E-state index in [1.807, 2.05) is 36.6 Å². The van der Waals surface area contributed by atoms with Crippen LogP contribution in [0.5, 0.6) is 5.88 Å². The largest absolute Gasteiger partial charge is 0.481 e. The normalized spacial score (nSPS) is 11.4. The number of aromatic amines is 1. The number of pyridine rings is 1. The molecule has 0 bridgehead atoms. The van der Waals surface area contributed by atoms with Crippen LogP contribution >= 0.6 is 11.8 Å². The minimum atomic E-state index is -0.965. The number of rotatable bonds is 7. The van der Waals surface area contributed by atoms with Gasteiger partial charge in [-0.1, -0.05) is 36.0 Å². The fourth-order valence-corrected chi connectivity index (χ4v) is 2.56. The molecule has 2 aromatic heterocycles. The fraction of sp³-hybridized carbons (Fsp3) is 0.263. The lowest BCUT2D eigenvalue weighted by Crippen LogP contribution is -2.30. The van der Waals surface area contributed by atoms with Crippen molar-refractivity contribution in [3.63, 3.8) is 0 Å². The van der Waals surface area contributed by atoms with Crippen LogP contribution < -0.4 is 4.74 Å². The van der Waals surface area contributed by atoms with E-state index in [0.717, 1.165) is 22.5 Å². The molecule has 0 aliphatic rings. The molecule has 2 N–H and O–H groups in total. The van der Waals surface area contributed by atoms with Crippen molar-refractivity contribution in [2.24, 2.45) is 5.41 Å². The Morgan fingerprint density at radius 1 is 1.15 bits per heavy atom. The number of H-pyrrole nitrogens is 1. The number of aliphatic carboxylic acids is 1. The van der Waals surface area contributed by atoms with E-state index in [9.17, 15) is 4.79 Å². The number of carboxylic acids is 1. The third kappa shape index (κ3) is 4.46. The van der Waals surface area contributed by atoms with E-state index in [4.69, 9.17) is 9.84 Å². The molecule has 0 spiro atoms. The zero-order chi connectivity index (χ0) is 19.4. The van der Waals surface area contributed by atoms with E-state index < -0.39 is 11.4 Å². The summed E-state index contributed by atoms with van der Waals surface area (Å²) in [5, 5.41) is 16.9. The Hall–Kier alpha value is -2.87. The molecule has 0 radical (unpaired) electrons. The summed E-state index contributed by atoms with van der Waals surface area (Å²) >= 11 is 1.49. The Kier molecular flexibility index (Phi) is 5.46. The van der Waals surface area contributed by atoms with Crippen molar-refractivity contribution in [2.45, 2.75) is 19.0 Å². The van der Waals surface area contributed by atoms with Crippen LogP contribution in [0, 0.1) is 5.41 Å². The van der Waals surface area contributed by atoms with Gasteiger partial charge in [0.1, 0.15) is 6.61 Å². The van der Waals surface area contributed by atoms with Gasteiger partial charge < -0.3 is 9.84 Å². The van der Waals surface area contributed by atoms with Gasteiger partial charge in [-0.2, -0.15) is 0 Å². The molecule has 0 aliphatic heterocycles. The van der Waals surface area contributed by atoms with Crippen molar-refractivity contribution in [1.82, 2.24) is 20.2 Å². The van der Waals surface area contributed by atoms with Crippen molar-refractivity contribution in [2.75, 3.05) is 12.9 Å². The Balaban J connectivity index is 1.69. The highest BCUT2D eigenvalue weighted by atomic mass is 32.2. The van der Waals surface area contributed by atoms with E-state index in [0.29, 0.717) is 11.0 Å². The summed E-state index contributed by atoms with van der Waals surface area (Å²) in [6, 6.07) is 11.6. The number of hydrogen-bond acceptors (Lipinski definition) is 6. The maximum Gasteiger partial charge on any atom is 0.312 e. The molecule has 27 heavy (non-hydrogen) atoms. The zero-order valence-electron chi connectivity index (χ0n) is 15.3. The standard InChI is InChI=1S/C19H20N4O3S/c1-19(2,17(24)25)11-26-15-9-8-14(10-20-15)12-4-6-13(7-5-12)16-21-18(27-3)23-22-16/h4-10H,11H2,1-3H3,(H,24,25)(H,21,22,23). The number of nitrogens with one attached hydrogen (secondary N) is 1. The summed E-state index contributed by atoms with van der Waals surface area (Å²) in [5.74, 6) is 0.223. The Morgan fingerprint density at radius 3 is 2.37 bits per heavy atom. The summed E-state index contributed by atoms with van der Waals surface area (Å²) in [5.41, 5.74) is 1.94. The van der Waals surface area contributed by atoms with Gasteiger partial charge in [0.15, 0.2) is 5.82 Å². The van der Waals surface area contributed by atoms with Crippen LogP contribution in [0.1, 0.15) is 13.8 Å². The monoisotopic (exact) mass is 384 g/mol. The first-order valence-corrected chi connectivity index (χ1v) is 9.51. The first-order valence-electron chi connectivity index (χ1n) is 8.28. The quantitative estimate of drug-likeness (QED) is 0.598. The number of thioether (sulfide) groups is 1. The first kappa shape index (κ1) is 18.9. The second-order valence-corrected chi connectivity index (χ2v) is 7.38. The molecule has 3 rings (SSSR count). The average Bonchev–Trinajstić information content (AvgIpc) is 3.16. The van der Waals surface area contributed by atoms with Crippen molar-refractivity contribution in [1.29, 1.82) is 0 Å². The lowest BCUT2D eigenvalue weighted by atomic mass is 9.95. The van der Waals surface area contributed by atoms with Gasteiger partial charge in [-0.05, 0) is 31.7 Å². The minimum Gasteiger partial charge on any atom is -0.481 e. The molecule has 0 aliphatic carbocycles. The van der Waals surface area contributed by atoms with E-state index in [1.165, 1.54) is 11.8 Å². The summed E-state index contributed by atoms with van der Waals surface area (Å²) in [6.07, 6.45) is 3.64. The van der Waals surface area contributed by atoms with Crippen LogP contribution in [0.4, 0.5) is 0 Å². The van der Waals surface area contributed by atoms with E-state index in [-0.39, 0.29) is 6.61 Å². The Labute approximate surface area is 161 Å². The van der Waals surface area contributed by atoms with Crippen LogP contribution in [-0.2, 0) is 4.79 Å². The number of ether oxygens (including phenoxy) is 1. The van der Waals surface area contributed by atoms with Crippen molar-refractivity contribution in [3.8, 4) is 28.4 Å². The number of benzene rings is 1. The number of aromatic nitrogens is 4. The Bertz CT molecular complexity index is 921. The third-order valence-electron chi connectivity index (χ3n) is 4.04. The average molecular weight is 384 g/mol. The molecule has 140 valence electrons. The van der Waals surface area contributed by atoms with E-state index >= 15 is 0 Å². The van der Waals surface area contributed by atoms with Gasteiger partial charge in [0.05, 0.1) is 5.41 Å². The molecule has 0 amide bonds. The van der Waals surface area contributed by atoms with Gasteiger partial charge in [0, 0.05) is 23.4 Å². The smallest absolute Gasteiger partial charge is 0.312 e. The second kappa shape index (κ2) is 7.79. The lowest BCUT2D eigenvalue weighted by molar-refractivity contribution is -0.148. The van der Waals surface area contributed by atoms with Crippen molar-refractivity contribution < 1.29 is 14.6 Å². The summed E-state index contributed by atoms with van der Waals surface area (Å²) in [6.45, 7) is 3.28. The highest BCUT2D eigenvalue weighted by Gasteiger charge is 2.28. The molecule has 0 unspecified atom stereocenters. The van der Waals surface area contributed by atoms with Gasteiger partial charge in [0.2, 0.25) is 11.0 Å². The highest BCUT2D eigenvalue weighted by Crippen LogP contribution is 2.25. The topological polar surface area (TPSA) is 101 Å². The van der Waals surface area contributed by atoms with Gasteiger partial charge in [-0.3, -0.25) is 9.89 Å². The fourth-order valence-electron chi connectivity index (χ4n) is 2.24. The van der Waals surface area contributed by atoms with Gasteiger partial charge in [-0.25, -0.2) is 9.97 Å².